The molecule has 0 bridgehead atoms. The second-order valence-electron chi connectivity index (χ2n) is 4.70. The molecule has 0 unspecified atom stereocenters. The maximum Gasteiger partial charge on any atom is 0.275 e. The van der Waals surface area contributed by atoms with Crippen molar-refractivity contribution in [3.05, 3.63) is 72.1 Å². The van der Waals surface area contributed by atoms with Crippen LogP contribution in [0.1, 0.15) is 15.9 Å². The lowest BCUT2D eigenvalue weighted by atomic mass is 10.1. The Hall–Kier alpha value is -3.21. The highest BCUT2D eigenvalue weighted by atomic mass is 16.3. The van der Waals surface area contributed by atoms with Crippen molar-refractivity contribution in [1.82, 2.24) is 10.4 Å². The number of carbonyl (C=O) groups excluding carboxylic acids is 1. The summed E-state index contributed by atoms with van der Waals surface area (Å²) >= 11 is 0. The molecule has 0 aliphatic carbocycles. The van der Waals surface area contributed by atoms with Crippen LogP contribution >= 0.6 is 0 Å². The zero-order valence-electron chi connectivity index (χ0n) is 11.6. The SMILES string of the molecule is O=C(N/N=C/c1ccncc1)c1cc2ccccc2cc1O. The van der Waals surface area contributed by atoms with E-state index in [2.05, 4.69) is 15.5 Å². The number of hydrogen-bond acceptors (Lipinski definition) is 4. The molecule has 3 aromatic rings. The summed E-state index contributed by atoms with van der Waals surface area (Å²) in [7, 11) is 0. The summed E-state index contributed by atoms with van der Waals surface area (Å²) in [5.41, 5.74) is 3.41. The second-order valence-corrected chi connectivity index (χ2v) is 4.70. The summed E-state index contributed by atoms with van der Waals surface area (Å²) in [6.07, 6.45) is 4.79. The van der Waals surface area contributed by atoms with Crippen LogP contribution in [-0.4, -0.2) is 22.2 Å². The number of nitrogens with zero attached hydrogens (tertiary/aromatic N) is 2. The molecule has 5 nitrogen and oxygen atoms in total. The van der Waals surface area contributed by atoms with Gasteiger partial charge in [-0.2, -0.15) is 5.10 Å². The topological polar surface area (TPSA) is 74.6 Å². The Balaban J connectivity index is 1.80. The monoisotopic (exact) mass is 291 g/mol. The van der Waals surface area contributed by atoms with Crippen LogP contribution in [0.3, 0.4) is 0 Å². The molecular weight excluding hydrogens is 278 g/mol. The molecule has 0 fully saturated rings. The van der Waals surface area contributed by atoms with Gasteiger partial charge in [0.2, 0.25) is 0 Å². The number of benzene rings is 2. The number of amides is 1. The number of carbonyl (C=O) groups is 1. The highest BCUT2D eigenvalue weighted by Gasteiger charge is 2.11. The minimum absolute atomic E-state index is 0.0738. The Labute approximate surface area is 126 Å². The molecule has 2 N–H and O–H groups in total. The van der Waals surface area contributed by atoms with Gasteiger partial charge < -0.3 is 5.11 Å². The molecule has 0 spiro atoms. The quantitative estimate of drug-likeness (QED) is 0.575. The lowest BCUT2D eigenvalue weighted by Crippen LogP contribution is -2.17. The van der Waals surface area contributed by atoms with Crippen LogP contribution in [0.15, 0.2) is 66.0 Å². The van der Waals surface area contributed by atoms with Crippen molar-refractivity contribution in [2.24, 2.45) is 5.10 Å². The van der Waals surface area contributed by atoms with Crippen LogP contribution < -0.4 is 5.43 Å². The Morgan fingerprint density at radius 1 is 1.09 bits per heavy atom. The van der Waals surface area contributed by atoms with Crippen molar-refractivity contribution >= 4 is 22.9 Å². The van der Waals surface area contributed by atoms with E-state index in [0.717, 1.165) is 16.3 Å². The molecule has 2 aromatic carbocycles. The summed E-state index contributed by atoms with van der Waals surface area (Å²) in [4.78, 5) is 16.0. The summed E-state index contributed by atoms with van der Waals surface area (Å²) in [6, 6.07) is 14.2. The van der Waals surface area contributed by atoms with E-state index in [0.29, 0.717) is 0 Å². The first-order valence-corrected chi connectivity index (χ1v) is 6.69. The van der Waals surface area contributed by atoms with E-state index in [-0.39, 0.29) is 11.3 Å². The van der Waals surface area contributed by atoms with Crippen LogP contribution in [0, 0.1) is 0 Å². The van der Waals surface area contributed by atoms with Gasteiger partial charge in [0.15, 0.2) is 0 Å². The number of phenolic OH excluding ortho intramolecular Hbond substituents is 1. The number of aromatic nitrogens is 1. The predicted molar refractivity (Wildman–Crippen MR) is 84.9 cm³/mol. The van der Waals surface area contributed by atoms with Crippen molar-refractivity contribution in [3.8, 4) is 5.75 Å². The molecule has 1 aromatic heterocycles. The maximum absolute atomic E-state index is 12.1. The third-order valence-electron chi connectivity index (χ3n) is 3.19. The highest BCUT2D eigenvalue weighted by molar-refractivity contribution is 6.01. The van der Waals surface area contributed by atoms with E-state index in [9.17, 15) is 9.90 Å². The third-order valence-corrected chi connectivity index (χ3v) is 3.19. The van der Waals surface area contributed by atoms with Crippen molar-refractivity contribution in [2.45, 2.75) is 0 Å². The van der Waals surface area contributed by atoms with Gasteiger partial charge in [0, 0.05) is 12.4 Å². The summed E-state index contributed by atoms with van der Waals surface area (Å²) in [6.45, 7) is 0. The van der Waals surface area contributed by atoms with Crippen LogP contribution in [0.4, 0.5) is 0 Å². The largest absolute Gasteiger partial charge is 0.507 e. The normalized spacial score (nSPS) is 10.9. The van der Waals surface area contributed by atoms with E-state index in [1.54, 1.807) is 36.7 Å². The second kappa shape index (κ2) is 6.05. The Morgan fingerprint density at radius 2 is 1.77 bits per heavy atom. The zero-order valence-corrected chi connectivity index (χ0v) is 11.6. The van der Waals surface area contributed by atoms with Gasteiger partial charge in [0.1, 0.15) is 5.75 Å². The Bertz CT molecular complexity index is 845. The van der Waals surface area contributed by atoms with Crippen LogP contribution in [0.25, 0.3) is 10.8 Å². The van der Waals surface area contributed by atoms with Gasteiger partial charge in [-0.25, -0.2) is 5.43 Å². The number of phenols is 1. The third kappa shape index (κ3) is 2.93. The van der Waals surface area contributed by atoms with E-state index < -0.39 is 5.91 Å². The first kappa shape index (κ1) is 13.8. The van der Waals surface area contributed by atoms with Gasteiger partial charge in [-0.05, 0) is 40.6 Å². The summed E-state index contributed by atoms with van der Waals surface area (Å²) in [5, 5.41) is 15.6. The molecule has 0 aliphatic heterocycles. The predicted octanol–water partition coefficient (Wildman–Crippen LogP) is 2.70. The zero-order chi connectivity index (χ0) is 15.4. The molecule has 5 heteroatoms. The van der Waals surface area contributed by atoms with Gasteiger partial charge in [-0.1, -0.05) is 24.3 Å². The Kier molecular flexibility index (Phi) is 3.78. The maximum atomic E-state index is 12.1. The number of fused-ring (bicyclic) bond motifs is 1. The van der Waals surface area contributed by atoms with Gasteiger partial charge >= 0.3 is 0 Å². The minimum atomic E-state index is -0.464. The van der Waals surface area contributed by atoms with E-state index >= 15 is 0 Å². The molecule has 0 radical (unpaired) electrons. The van der Waals surface area contributed by atoms with E-state index in [1.165, 1.54) is 6.21 Å². The van der Waals surface area contributed by atoms with Crippen molar-refractivity contribution in [1.29, 1.82) is 0 Å². The van der Waals surface area contributed by atoms with Crippen LogP contribution in [0.2, 0.25) is 0 Å². The minimum Gasteiger partial charge on any atom is -0.507 e. The lowest BCUT2D eigenvalue weighted by Gasteiger charge is -2.05. The molecule has 3 rings (SSSR count). The van der Waals surface area contributed by atoms with Crippen molar-refractivity contribution in [2.75, 3.05) is 0 Å². The number of nitrogens with one attached hydrogen (secondary N) is 1. The molecular formula is C17H13N3O2. The van der Waals surface area contributed by atoms with Gasteiger partial charge in [0.05, 0.1) is 11.8 Å². The molecule has 0 saturated heterocycles. The van der Waals surface area contributed by atoms with Gasteiger partial charge in [-0.3, -0.25) is 9.78 Å². The van der Waals surface area contributed by atoms with Gasteiger partial charge in [0.25, 0.3) is 5.91 Å². The van der Waals surface area contributed by atoms with Gasteiger partial charge in [-0.15, -0.1) is 0 Å². The Morgan fingerprint density at radius 3 is 2.50 bits per heavy atom. The summed E-state index contributed by atoms with van der Waals surface area (Å²) in [5.74, 6) is -0.538. The molecule has 1 amide bonds. The number of rotatable bonds is 3. The molecule has 0 atom stereocenters. The standard InChI is InChI=1S/C17H13N3O2/c21-16-10-14-4-2-1-3-13(14)9-15(16)17(22)20-19-11-12-5-7-18-8-6-12/h1-11,21H,(H,20,22)/b19-11+. The fraction of sp³-hybridized carbons (Fsp3) is 0. The fourth-order valence-corrected chi connectivity index (χ4v) is 2.09. The van der Waals surface area contributed by atoms with E-state index in [1.807, 2.05) is 24.3 Å². The lowest BCUT2D eigenvalue weighted by molar-refractivity contribution is 0.0952. The number of aromatic hydroxyl groups is 1. The van der Waals surface area contributed by atoms with Crippen molar-refractivity contribution < 1.29 is 9.90 Å². The molecule has 0 aliphatic rings. The average Bonchev–Trinajstić information content (AvgIpc) is 2.55. The molecule has 108 valence electrons. The molecule has 0 saturated carbocycles. The van der Waals surface area contributed by atoms with Crippen molar-refractivity contribution in [3.63, 3.8) is 0 Å². The first-order chi connectivity index (χ1) is 10.7. The van der Waals surface area contributed by atoms with E-state index in [4.69, 9.17) is 0 Å². The molecule has 22 heavy (non-hydrogen) atoms. The van der Waals surface area contributed by atoms with Crippen LogP contribution in [0.5, 0.6) is 5.75 Å². The van der Waals surface area contributed by atoms with Crippen LogP contribution in [-0.2, 0) is 0 Å². The smallest absolute Gasteiger partial charge is 0.275 e. The molecule has 1 heterocycles. The number of hydrazone groups is 1. The fourth-order valence-electron chi connectivity index (χ4n) is 2.09. The number of hydrogen-bond donors (Lipinski definition) is 2. The highest BCUT2D eigenvalue weighted by Crippen LogP contribution is 2.24. The number of pyridine rings is 1. The average molecular weight is 291 g/mol. The first-order valence-electron chi connectivity index (χ1n) is 6.69. The summed E-state index contributed by atoms with van der Waals surface area (Å²) < 4.78 is 0.